The van der Waals surface area contributed by atoms with Gasteiger partial charge in [-0.25, -0.2) is 0 Å². The Balaban J connectivity index is 1.92. The average Bonchev–Trinajstić information content (AvgIpc) is 3.06. The molecule has 0 bridgehead atoms. The number of nitro groups is 1. The molecule has 1 heterocycles. The molecule has 9 nitrogen and oxygen atoms in total. The van der Waals surface area contributed by atoms with Crippen LogP contribution in [-0.2, 0) is 11.3 Å². The van der Waals surface area contributed by atoms with Gasteiger partial charge in [-0.15, -0.1) is 5.10 Å². The Kier molecular flexibility index (Phi) is 6.54. The third-order valence-corrected chi connectivity index (χ3v) is 3.95. The Bertz CT molecular complexity index is 753. The third-order valence-electron chi connectivity index (χ3n) is 3.95. The highest BCUT2D eigenvalue weighted by molar-refractivity contribution is 5.90. The number of carbonyl (C=O) groups is 1. The predicted octanol–water partition coefficient (Wildman–Crippen LogP) is 2.67. The molecule has 0 saturated heterocycles. The molecule has 0 aliphatic carbocycles. The summed E-state index contributed by atoms with van der Waals surface area (Å²) >= 11 is 0. The topological polar surface area (TPSA) is 103 Å². The van der Waals surface area contributed by atoms with E-state index in [1.54, 1.807) is 0 Å². The molecule has 2 aromatic rings. The van der Waals surface area contributed by atoms with Crippen LogP contribution in [0.2, 0.25) is 0 Å². The van der Waals surface area contributed by atoms with Crippen molar-refractivity contribution in [2.75, 3.05) is 30.4 Å². The van der Waals surface area contributed by atoms with E-state index in [1.807, 2.05) is 24.3 Å². The minimum atomic E-state index is -0.570. The Labute approximate surface area is 151 Å². The Hall–Kier alpha value is -3.10. The SMILES string of the molecule is CCN(CC)c1ccc(NC(=O)CCn2cc([N+](=O)[O-])c(OC)n2)cc1. The smallest absolute Gasteiger partial charge is 0.350 e. The molecule has 140 valence electrons. The van der Waals surface area contributed by atoms with Crippen molar-refractivity contribution in [1.82, 2.24) is 9.78 Å². The van der Waals surface area contributed by atoms with Gasteiger partial charge in [0.15, 0.2) is 0 Å². The number of hydrogen-bond donors (Lipinski definition) is 1. The van der Waals surface area contributed by atoms with Gasteiger partial charge in [0.1, 0.15) is 6.20 Å². The zero-order valence-corrected chi connectivity index (χ0v) is 15.1. The Morgan fingerprint density at radius 3 is 2.46 bits per heavy atom. The van der Waals surface area contributed by atoms with Crippen LogP contribution < -0.4 is 15.0 Å². The van der Waals surface area contributed by atoms with E-state index in [9.17, 15) is 14.9 Å². The number of amides is 1. The highest BCUT2D eigenvalue weighted by Crippen LogP contribution is 2.24. The van der Waals surface area contributed by atoms with Gasteiger partial charge in [-0.1, -0.05) is 0 Å². The lowest BCUT2D eigenvalue weighted by atomic mass is 10.2. The molecule has 0 spiro atoms. The molecule has 1 amide bonds. The zero-order chi connectivity index (χ0) is 19.1. The van der Waals surface area contributed by atoms with Gasteiger partial charge in [0.25, 0.3) is 0 Å². The molecule has 1 aromatic heterocycles. The number of carbonyl (C=O) groups excluding carboxylic acids is 1. The van der Waals surface area contributed by atoms with Gasteiger partial charge in [0.05, 0.1) is 18.6 Å². The average molecular weight is 361 g/mol. The van der Waals surface area contributed by atoms with Crippen LogP contribution in [0.15, 0.2) is 30.5 Å². The number of hydrogen-bond acceptors (Lipinski definition) is 6. The number of aromatic nitrogens is 2. The predicted molar refractivity (Wildman–Crippen MR) is 98.7 cm³/mol. The van der Waals surface area contributed by atoms with Crippen LogP contribution >= 0.6 is 0 Å². The van der Waals surface area contributed by atoms with Crippen molar-refractivity contribution < 1.29 is 14.5 Å². The Morgan fingerprint density at radius 1 is 1.31 bits per heavy atom. The lowest BCUT2D eigenvalue weighted by molar-refractivity contribution is -0.385. The summed E-state index contributed by atoms with van der Waals surface area (Å²) in [7, 11) is 1.31. The summed E-state index contributed by atoms with van der Waals surface area (Å²) in [4.78, 5) is 24.6. The fourth-order valence-electron chi connectivity index (χ4n) is 2.56. The number of ether oxygens (including phenoxy) is 1. The first-order valence-electron chi connectivity index (χ1n) is 8.39. The molecule has 0 aliphatic rings. The maximum atomic E-state index is 12.1. The summed E-state index contributed by atoms with van der Waals surface area (Å²) in [5.74, 6) is -0.264. The molecular formula is C17H23N5O4. The van der Waals surface area contributed by atoms with E-state index in [4.69, 9.17) is 4.74 Å². The van der Waals surface area contributed by atoms with Crippen molar-refractivity contribution in [1.29, 1.82) is 0 Å². The highest BCUT2D eigenvalue weighted by Gasteiger charge is 2.20. The minimum Gasteiger partial charge on any atom is -0.475 e. The van der Waals surface area contributed by atoms with Crippen LogP contribution in [-0.4, -0.2) is 40.8 Å². The normalized spacial score (nSPS) is 10.4. The number of benzene rings is 1. The Morgan fingerprint density at radius 2 is 1.96 bits per heavy atom. The number of rotatable bonds is 9. The van der Waals surface area contributed by atoms with Crippen molar-refractivity contribution in [3.63, 3.8) is 0 Å². The van der Waals surface area contributed by atoms with Crippen LogP contribution in [0, 0.1) is 10.1 Å². The van der Waals surface area contributed by atoms with Crippen LogP contribution in [0.25, 0.3) is 0 Å². The molecule has 9 heteroatoms. The van der Waals surface area contributed by atoms with E-state index in [0.29, 0.717) is 5.69 Å². The van der Waals surface area contributed by atoms with Gasteiger partial charge in [0.2, 0.25) is 5.91 Å². The summed E-state index contributed by atoms with van der Waals surface area (Å²) < 4.78 is 6.19. The molecule has 1 N–H and O–H groups in total. The van der Waals surface area contributed by atoms with Crippen molar-refractivity contribution in [3.05, 3.63) is 40.6 Å². The molecular weight excluding hydrogens is 338 g/mol. The van der Waals surface area contributed by atoms with Crippen LogP contribution in [0.4, 0.5) is 17.1 Å². The first kappa shape index (κ1) is 19.2. The van der Waals surface area contributed by atoms with Crippen LogP contribution in [0.1, 0.15) is 20.3 Å². The molecule has 0 unspecified atom stereocenters. The monoisotopic (exact) mass is 361 g/mol. The number of nitrogens with one attached hydrogen (secondary N) is 1. The molecule has 26 heavy (non-hydrogen) atoms. The van der Waals surface area contributed by atoms with Crippen molar-refractivity contribution in [2.24, 2.45) is 0 Å². The summed E-state index contributed by atoms with van der Waals surface area (Å²) in [5.41, 5.74) is 1.58. The molecule has 0 saturated carbocycles. The van der Waals surface area contributed by atoms with E-state index in [2.05, 4.69) is 29.2 Å². The first-order valence-corrected chi connectivity index (χ1v) is 8.39. The maximum absolute atomic E-state index is 12.1. The summed E-state index contributed by atoms with van der Waals surface area (Å²) in [6, 6.07) is 7.63. The van der Waals surface area contributed by atoms with Crippen molar-refractivity contribution in [2.45, 2.75) is 26.8 Å². The van der Waals surface area contributed by atoms with Crippen molar-refractivity contribution in [3.8, 4) is 5.88 Å². The van der Waals surface area contributed by atoms with E-state index < -0.39 is 4.92 Å². The van der Waals surface area contributed by atoms with E-state index in [-0.39, 0.29) is 30.4 Å². The van der Waals surface area contributed by atoms with Crippen molar-refractivity contribution >= 4 is 23.0 Å². The van der Waals surface area contributed by atoms with E-state index >= 15 is 0 Å². The summed E-state index contributed by atoms with van der Waals surface area (Å²) in [5, 5.41) is 17.6. The quantitative estimate of drug-likeness (QED) is 0.544. The lowest BCUT2D eigenvalue weighted by Crippen LogP contribution is -2.21. The second kappa shape index (κ2) is 8.84. The number of anilines is 2. The van der Waals surface area contributed by atoms with Crippen LogP contribution in [0.5, 0.6) is 5.88 Å². The summed E-state index contributed by atoms with van der Waals surface area (Å²) in [6.07, 6.45) is 1.39. The molecule has 1 aromatic carbocycles. The number of nitrogens with zero attached hydrogens (tertiary/aromatic N) is 4. The molecule has 2 rings (SSSR count). The second-order valence-electron chi connectivity index (χ2n) is 5.56. The fraction of sp³-hybridized carbons (Fsp3) is 0.412. The molecule has 0 atom stereocenters. The van der Waals surface area contributed by atoms with Crippen LogP contribution in [0.3, 0.4) is 0 Å². The van der Waals surface area contributed by atoms with Gasteiger partial charge in [-0.2, -0.15) is 0 Å². The maximum Gasteiger partial charge on any atom is 0.350 e. The summed E-state index contributed by atoms with van der Waals surface area (Å²) in [6.45, 7) is 6.23. The van der Waals surface area contributed by atoms with Gasteiger partial charge in [-0.3, -0.25) is 19.6 Å². The largest absolute Gasteiger partial charge is 0.475 e. The molecule has 0 fully saturated rings. The molecule has 0 radical (unpaired) electrons. The zero-order valence-electron chi connectivity index (χ0n) is 15.1. The minimum absolute atomic E-state index is 0.0672. The fourth-order valence-corrected chi connectivity index (χ4v) is 2.56. The van der Waals surface area contributed by atoms with Gasteiger partial charge in [-0.05, 0) is 38.1 Å². The molecule has 0 aliphatic heterocycles. The lowest BCUT2D eigenvalue weighted by Gasteiger charge is -2.21. The highest BCUT2D eigenvalue weighted by atomic mass is 16.6. The number of methoxy groups -OCH3 is 1. The number of aryl methyl sites for hydroxylation is 1. The van der Waals surface area contributed by atoms with Gasteiger partial charge < -0.3 is 15.0 Å². The van der Waals surface area contributed by atoms with Gasteiger partial charge >= 0.3 is 11.6 Å². The van der Waals surface area contributed by atoms with E-state index in [0.717, 1.165) is 18.8 Å². The second-order valence-corrected chi connectivity index (χ2v) is 5.56. The third kappa shape index (κ3) is 4.71. The van der Waals surface area contributed by atoms with Gasteiger partial charge in [0, 0.05) is 30.9 Å². The first-order chi connectivity index (χ1) is 12.5. The standard InChI is InChI=1S/C17H23N5O4/c1-4-20(5-2)14-8-6-13(7-9-14)18-16(23)10-11-21-12-15(22(24)25)17(19-21)26-3/h6-9,12H,4-5,10-11H2,1-3H3,(H,18,23). The van der Waals surface area contributed by atoms with E-state index in [1.165, 1.54) is 18.0 Å².